The van der Waals surface area contributed by atoms with Crippen molar-refractivity contribution in [2.75, 3.05) is 23.4 Å². The average Bonchev–Trinajstić information content (AvgIpc) is 3.55. The van der Waals surface area contributed by atoms with Gasteiger partial charge >= 0.3 is 11.9 Å². The second-order valence-electron chi connectivity index (χ2n) is 9.90. The summed E-state index contributed by atoms with van der Waals surface area (Å²) in [5, 5.41) is 1.86. The van der Waals surface area contributed by atoms with E-state index < -0.39 is 36.3 Å². The van der Waals surface area contributed by atoms with Crippen molar-refractivity contribution in [1.82, 2.24) is 0 Å². The van der Waals surface area contributed by atoms with Gasteiger partial charge in [-0.2, -0.15) is 0 Å². The fourth-order valence-electron chi connectivity index (χ4n) is 5.75. The summed E-state index contributed by atoms with van der Waals surface area (Å²) in [6.45, 7) is 1.65. The molecule has 2 bridgehead atoms. The van der Waals surface area contributed by atoms with Crippen LogP contribution in [0.4, 0.5) is 11.4 Å². The Kier molecular flexibility index (Phi) is 7.64. The molecule has 9 nitrogen and oxygen atoms in total. The smallest absolute Gasteiger partial charge is 0.338 e. The minimum absolute atomic E-state index is 0.0846. The molecule has 39 heavy (non-hydrogen) atoms. The Morgan fingerprint density at radius 1 is 0.897 bits per heavy atom. The quantitative estimate of drug-likeness (QED) is 0.288. The molecule has 2 saturated carbocycles. The van der Waals surface area contributed by atoms with E-state index in [1.54, 1.807) is 6.07 Å². The van der Waals surface area contributed by atoms with Crippen molar-refractivity contribution < 1.29 is 33.4 Å². The maximum atomic E-state index is 13.2. The van der Waals surface area contributed by atoms with Crippen LogP contribution in [0.1, 0.15) is 40.5 Å². The van der Waals surface area contributed by atoms with Crippen molar-refractivity contribution in [2.45, 2.75) is 30.5 Å². The maximum absolute atomic E-state index is 13.2. The third-order valence-electron chi connectivity index (χ3n) is 7.50. The molecular formula is C28H26Cl2N2O7. The topological polar surface area (TPSA) is 119 Å². The molecule has 1 N–H and O–H groups in total. The summed E-state index contributed by atoms with van der Waals surface area (Å²) in [6, 6.07) is 12.1. The molecule has 11 heteroatoms. The number of carbonyl (C=O) groups is 5. The fourth-order valence-corrected chi connectivity index (χ4v) is 6.65. The van der Waals surface area contributed by atoms with E-state index in [4.69, 9.17) is 32.7 Å². The largest absolute Gasteiger partial charge is 0.462 e. The van der Waals surface area contributed by atoms with Crippen LogP contribution >= 0.6 is 23.2 Å². The predicted molar refractivity (Wildman–Crippen MR) is 143 cm³/mol. The van der Waals surface area contributed by atoms with Crippen LogP contribution in [0.5, 0.6) is 0 Å². The number of nitrogens with zero attached hydrogens (tertiary/aromatic N) is 1. The van der Waals surface area contributed by atoms with Crippen LogP contribution in [0.25, 0.3) is 0 Å². The van der Waals surface area contributed by atoms with Gasteiger partial charge in [0.2, 0.25) is 11.8 Å². The second kappa shape index (κ2) is 11.0. The van der Waals surface area contributed by atoms with Crippen molar-refractivity contribution in [3.8, 4) is 0 Å². The second-order valence-corrected chi connectivity index (χ2v) is 10.9. The average molecular weight is 573 g/mol. The van der Waals surface area contributed by atoms with Gasteiger partial charge in [-0.25, -0.2) is 9.59 Å². The van der Waals surface area contributed by atoms with Crippen LogP contribution in [0.3, 0.4) is 0 Å². The Balaban J connectivity index is 1.19. The molecule has 0 aromatic heterocycles. The van der Waals surface area contributed by atoms with E-state index in [1.165, 1.54) is 42.5 Å². The van der Waals surface area contributed by atoms with Crippen LogP contribution in [-0.4, -0.2) is 53.6 Å². The molecule has 3 amide bonds. The first-order valence-corrected chi connectivity index (χ1v) is 13.6. The van der Waals surface area contributed by atoms with Gasteiger partial charge in [-0.3, -0.25) is 19.3 Å². The third-order valence-corrected chi connectivity index (χ3v) is 8.82. The van der Waals surface area contributed by atoms with E-state index in [9.17, 15) is 24.0 Å². The molecule has 2 aromatic carbocycles. The van der Waals surface area contributed by atoms with Gasteiger partial charge < -0.3 is 14.8 Å². The number of fused-ring (bicyclic) bond motifs is 5. The van der Waals surface area contributed by atoms with Gasteiger partial charge in [0, 0.05) is 5.69 Å². The van der Waals surface area contributed by atoms with E-state index in [1.807, 2.05) is 6.92 Å². The third kappa shape index (κ3) is 5.01. The number of benzene rings is 2. The predicted octanol–water partition coefficient (Wildman–Crippen LogP) is 4.02. The normalized spacial score (nSPS) is 26.9. The van der Waals surface area contributed by atoms with Crippen molar-refractivity contribution >= 4 is 64.2 Å². The molecule has 0 spiro atoms. The van der Waals surface area contributed by atoms with Gasteiger partial charge in [-0.1, -0.05) is 13.0 Å². The zero-order chi connectivity index (χ0) is 27.8. The van der Waals surface area contributed by atoms with Gasteiger partial charge in [-0.05, 0) is 67.1 Å². The van der Waals surface area contributed by atoms with Crippen molar-refractivity contribution in [3.05, 3.63) is 59.7 Å². The van der Waals surface area contributed by atoms with Crippen molar-refractivity contribution in [2.24, 2.45) is 23.7 Å². The van der Waals surface area contributed by atoms with Gasteiger partial charge in [0.25, 0.3) is 5.91 Å². The van der Waals surface area contributed by atoms with Gasteiger partial charge in [-0.15, -0.1) is 23.2 Å². The first-order valence-electron chi connectivity index (χ1n) is 12.7. The molecule has 0 radical (unpaired) electrons. The molecule has 1 aliphatic heterocycles. The van der Waals surface area contributed by atoms with Crippen LogP contribution in [0.15, 0.2) is 48.5 Å². The number of alkyl halides is 2. The van der Waals surface area contributed by atoms with E-state index >= 15 is 0 Å². The number of halogens is 2. The van der Waals surface area contributed by atoms with Crippen LogP contribution < -0.4 is 10.2 Å². The van der Waals surface area contributed by atoms with E-state index in [0.717, 1.165) is 4.90 Å². The first kappa shape index (κ1) is 27.1. The lowest BCUT2D eigenvalue weighted by Crippen LogP contribution is -2.37. The highest BCUT2D eigenvalue weighted by molar-refractivity contribution is 6.32. The number of carbonyl (C=O) groups excluding carboxylic acids is 5. The minimum Gasteiger partial charge on any atom is -0.462 e. The molecular weight excluding hydrogens is 547 g/mol. The van der Waals surface area contributed by atoms with Crippen LogP contribution in [-0.2, 0) is 23.9 Å². The van der Waals surface area contributed by atoms with Crippen LogP contribution in [0, 0.1) is 23.7 Å². The lowest BCUT2D eigenvalue weighted by atomic mass is 9.80. The Morgan fingerprint density at radius 3 is 2.13 bits per heavy atom. The molecule has 2 aliphatic carbocycles. The zero-order valence-electron chi connectivity index (χ0n) is 21.0. The molecule has 3 aliphatic rings. The number of amides is 3. The standard InChI is InChI=1S/C28H26Cl2N2O7/c1-2-10-38-27(36)14-6-8-16(9-7-14)31-20(33)13-39-28(37)15-4-3-5-17(11-15)32-25(34)21-18-12-19(22(21)26(32)35)24(30)23(18)29/h3-9,11,18-19,21-24H,2,10,12-13H2,1H3,(H,31,33)/t18-,19-,21-,22-,23+,24+/m1/s1. The number of nitrogens with one attached hydrogen (secondary N) is 1. The van der Waals surface area contributed by atoms with Crippen molar-refractivity contribution in [1.29, 1.82) is 0 Å². The van der Waals surface area contributed by atoms with E-state index in [-0.39, 0.29) is 45.7 Å². The van der Waals surface area contributed by atoms with E-state index in [0.29, 0.717) is 30.7 Å². The van der Waals surface area contributed by atoms with Gasteiger partial charge in [0.15, 0.2) is 6.61 Å². The molecule has 1 saturated heterocycles. The summed E-state index contributed by atoms with van der Waals surface area (Å²) in [6.07, 6.45) is 1.37. The number of anilines is 2. The molecule has 5 rings (SSSR count). The molecule has 3 fully saturated rings. The first-order chi connectivity index (χ1) is 18.7. The highest BCUT2D eigenvalue weighted by Gasteiger charge is 2.66. The SMILES string of the molecule is CCCOC(=O)c1ccc(NC(=O)COC(=O)c2cccc(N3C(=O)[C@@H]4[C@H]5C[C@@H]([C@H](Cl)[C@H]5Cl)[C@H]4C3=O)c2)cc1. The number of hydrogen-bond acceptors (Lipinski definition) is 7. The van der Waals surface area contributed by atoms with Gasteiger partial charge in [0.1, 0.15) is 0 Å². The Labute approximate surface area is 234 Å². The molecule has 2 aromatic rings. The Morgan fingerprint density at radius 2 is 1.51 bits per heavy atom. The monoisotopic (exact) mass is 572 g/mol. The lowest BCUT2D eigenvalue weighted by molar-refractivity contribution is -0.123. The summed E-state index contributed by atoms with van der Waals surface area (Å²) < 4.78 is 10.2. The Hall–Kier alpha value is -3.43. The van der Waals surface area contributed by atoms with Gasteiger partial charge in [0.05, 0.1) is 46.0 Å². The summed E-state index contributed by atoms with van der Waals surface area (Å²) in [5.41, 5.74) is 1.10. The lowest BCUT2D eigenvalue weighted by Gasteiger charge is -2.28. The summed E-state index contributed by atoms with van der Waals surface area (Å²) in [7, 11) is 0. The van der Waals surface area contributed by atoms with Crippen LogP contribution in [0.2, 0.25) is 0 Å². The van der Waals surface area contributed by atoms with Crippen molar-refractivity contribution in [3.63, 3.8) is 0 Å². The summed E-state index contributed by atoms with van der Waals surface area (Å²) in [4.78, 5) is 64.4. The Bertz CT molecular complexity index is 1300. The molecule has 6 atom stereocenters. The number of imide groups is 1. The van der Waals surface area contributed by atoms with E-state index in [2.05, 4.69) is 5.32 Å². The number of esters is 2. The number of ether oxygens (including phenoxy) is 2. The number of hydrogen-bond donors (Lipinski definition) is 1. The zero-order valence-corrected chi connectivity index (χ0v) is 22.5. The number of rotatable bonds is 8. The molecule has 1 heterocycles. The highest BCUT2D eigenvalue weighted by atomic mass is 35.5. The summed E-state index contributed by atoms with van der Waals surface area (Å²) >= 11 is 12.8. The maximum Gasteiger partial charge on any atom is 0.338 e. The highest BCUT2D eigenvalue weighted by Crippen LogP contribution is 2.59. The molecule has 204 valence electrons. The fraction of sp³-hybridized carbons (Fsp3) is 0.393. The minimum atomic E-state index is -0.790. The molecule has 0 unspecified atom stereocenters. The summed E-state index contributed by atoms with van der Waals surface area (Å²) in [5.74, 6) is -3.80.